The monoisotopic (exact) mass is 284 g/mol. The van der Waals surface area contributed by atoms with Crippen LogP contribution in [0.1, 0.15) is 41.6 Å². The van der Waals surface area contributed by atoms with Crippen LogP contribution >= 0.6 is 0 Å². The number of nitrogens with two attached hydrogens (primary N) is 1. The first-order valence-electron chi connectivity index (χ1n) is 7.24. The summed E-state index contributed by atoms with van der Waals surface area (Å²) in [4.78, 5) is 8.87. The molecule has 2 unspecified atom stereocenters. The van der Waals surface area contributed by atoms with Crippen molar-refractivity contribution in [3.63, 3.8) is 0 Å². The lowest BCUT2D eigenvalue weighted by Gasteiger charge is -2.31. The van der Waals surface area contributed by atoms with Crippen LogP contribution in [0, 0.1) is 0 Å². The van der Waals surface area contributed by atoms with Gasteiger partial charge in [-0.05, 0) is 37.0 Å². The Kier molecular flexibility index (Phi) is 4.13. The molecule has 0 bridgehead atoms. The number of nitrogens with zero attached hydrogens (tertiary/aromatic N) is 2. The third-order valence-electron chi connectivity index (χ3n) is 4.15. The molecule has 0 fully saturated rings. The van der Waals surface area contributed by atoms with Gasteiger partial charge in [-0.15, -0.1) is 0 Å². The minimum Gasteiger partial charge on any atom is -0.481 e. The van der Waals surface area contributed by atoms with Crippen LogP contribution in [0.2, 0.25) is 0 Å². The maximum Gasteiger partial charge on any atom is 0.217 e. The summed E-state index contributed by atoms with van der Waals surface area (Å²) in [5.41, 5.74) is 6.37. The molecule has 110 valence electrons. The van der Waals surface area contributed by atoms with E-state index in [1.165, 1.54) is 5.56 Å². The van der Waals surface area contributed by atoms with Crippen LogP contribution in [-0.2, 0) is 6.42 Å². The number of rotatable bonds is 4. The average Bonchev–Trinajstić information content (AvgIpc) is 2.56. The van der Waals surface area contributed by atoms with Crippen molar-refractivity contribution in [2.75, 3.05) is 7.11 Å². The zero-order valence-electron chi connectivity index (χ0n) is 12.1. The van der Waals surface area contributed by atoms with Crippen molar-refractivity contribution in [3.05, 3.63) is 53.5 Å². The number of aromatic nitrogens is 2. The fourth-order valence-corrected chi connectivity index (χ4v) is 3.20. The number of nitrogens with one attached hydrogen (secondary N) is 1. The van der Waals surface area contributed by atoms with E-state index in [1.54, 1.807) is 13.3 Å². The van der Waals surface area contributed by atoms with Gasteiger partial charge < -0.3 is 4.74 Å². The molecule has 0 aromatic carbocycles. The topological polar surface area (TPSA) is 73.1 Å². The van der Waals surface area contributed by atoms with Gasteiger partial charge in [-0.1, -0.05) is 12.1 Å². The second kappa shape index (κ2) is 6.20. The van der Waals surface area contributed by atoms with Crippen molar-refractivity contribution in [1.29, 1.82) is 0 Å². The van der Waals surface area contributed by atoms with Gasteiger partial charge in [0.25, 0.3) is 0 Å². The Morgan fingerprint density at radius 2 is 2.10 bits per heavy atom. The second-order valence-corrected chi connectivity index (χ2v) is 5.29. The Hall–Kier alpha value is -1.98. The van der Waals surface area contributed by atoms with Gasteiger partial charge in [0.05, 0.1) is 13.2 Å². The first-order chi connectivity index (χ1) is 10.3. The van der Waals surface area contributed by atoms with Crippen molar-refractivity contribution in [1.82, 2.24) is 15.4 Å². The zero-order valence-corrected chi connectivity index (χ0v) is 12.1. The molecule has 0 saturated carbocycles. The van der Waals surface area contributed by atoms with E-state index < -0.39 is 0 Å². The molecule has 5 heteroatoms. The zero-order chi connectivity index (χ0) is 14.7. The number of hydrogen-bond acceptors (Lipinski definition) is 5. The van der Waals surface area contributed by atoms with Crippen molar-refractivity contribution in [2.24, 2.45) is 5.84 Å². The van der Waals surface area contributed by atoms with Crippen LogP contribution in [-0.4, -0.2) is 17.1 Å². The summed E-state index contributed by atoms with van der Waals surface area (Å²) in [5, 5.41) is 0. The lowest BCUT2D eigenvalue weighted by atomic mass is 9.80. The highest BCUT2D eigenvalue weighted by atomic mass is 16.5. The molecule has 3 rings (SSSR count). The fourth-order valence-electron chi connectivity index (χ4n) is 3.20. The molecule has 1 aliphatic rings. The molecule has 3 N–H and O–H groups in total. The molecule has 0 saturated heterocycles. The maximum atomic E-state index is 5.86. The first kappa shape index (κ1) is 14.0. The predicted molar refractivity (Wildman–Crippen MR) is 80.8 cm³/mol. The molecule has 0 aliphatic heterocycles. The van der Waals surface area contributed by atoms with Crippen LogP contribution < -0.4 is 16.0 Å². The van der Waals surface area contributed by atoms with E-state index in [4.69, 9.17) is 10.6 Å². The summed E-state index contributed by atoms with van der Waals surface area (Å²) < 4.78 is 5.38. The molecule has 2 heterocycles. The summed E-state index contributed by atoms with van der Waals surface area (Å²) in [6, 6.07) is 8.01. The Morgan fingerprint density at radius 3 is 2.90 bits per heavy atom. The fraction of sp³-hybridized carbons (Fsp3) is 0.375. The highest BCUT2D eigenvalue weighted by Crippen LogP contribution is 2.40. The van der Waals surface area contributed by atoms with Gasteiger partial charge in [-0.2, -0.15) is 0 Å². The molecular formula is C16H20N4O. The first-order valence-corrected chi connectivity index (χ1v) is 7.24. The average molecular weight is 284 g/mol. The molecule has 2 aromatic rings. The Morgan fingerprint density at radius 1 is 1.29 bits per heavy atom. The van der Waals surface area contributed by atoms with E-state index in [-0.39, 0.29) is 12.0 Å². The van der Waals surface area contributed by atoms with Crippen LogP contribution in [0.15, 0.2) is 36.7 Å². The SMILES string of the molecule is COc1ncccc1C(NN)C1CCCc2cccnc21. The van der Waals surface area contributed by atoms with E-state index in [9.17, 15) is 0 Å². The third kappa shape index (κ3) is 2.62. The normalized spacial score (nSPS) is 18.9. The summed E-state index contributed by atoms with van der Waals surface area (Å²) in [5.74, 6) is 6.70. The van der Waals surface area contributed by atoms with E-state index >= 15 is 0 Å². The molecule has 2 aromatic heterocycles. The minimum absolute atomic E-state index is 0.0531. The van der Waals surface area contributed by atoms with Gasteiger partial charge >= 0.3 is 0 Å². The standard InChI is InChI=1S/C16H20N4O/c1-21-16-13(8-4-10-19-16)15(20-17)12-7-2-5-11-6-3-9-18-14(11)12/h3-4,6,8-10,12,15,20H,2,5,7,17H2,1H3. The molecule has 5 nitrogen and oxygen atoms in total. The number of fused-ring (bicyclic) bond motifs is 1. The minimum atomic E-state index is -0.0531. The molecular weight excluding hydrogens is 264 g/mol. The van der Waals surface area contributed by atoms with Crippen LogP contribution in [0.5, 0.6) is 5.88 Å². The summed E-state index contributed by atoms with van der Waals surface area (Å²) in [6.45, 7) is 0. The lowest BCUT2D eigenvalue weighted by molar-refractivity contribution is 0.357. The number of ether oxygens (including phenoxy) is 1. The summed E-state index contributed by atoms with van der Waals surface area (Å²) >= 11 is 0. The quantitative estimate of drug-likeness (QED) is 0.664. The molecule has 0 amide bonds. The van der Waals surface area contributed by atoms with Gasteiger partial charge in [-0.25, -0.2) is 4.98 Å². The molecule has 0 spiro atoms. The molecule has 21 heavy (non-hydrogen) atoms. The van der Waals surface area contributed by atoms with Gasteiger partial charge in [-0.3, -0.25) is 16.3 Å². The highest BCUT2D eigenvalue weighted by molar-refractivity contribution is 5.35. The smallest absolute Gasteiger partial charge is 0.217 e. The van der Waals surface area contributed by atoms with E-state index in [1.807, 2.05) is 24.4 Å². The number of pyridine rings is 2. The maximum absolute atomic E-state index is 5.86. The summed E-state index contributed by atoms with van der Waals surface area (Å²) in [7, 11) is 1.63. The summed E-state index contributed by atoms with van der Waals surface area (Å²) in [6.07, 6.45) is 6.86. The van der Waals surface area contributed by atoms with E-state index in [0.717, 1.165) is 30.5 Å². The van der Waals surface area contributed by atoms with E-state index in [0.29, 0.717) is 5.88 Å². The molecule has 2 atom stereocenters. The van der Waals surface area contributed by atoms with Crippen molar-refractivity contribution in [3.8, 4) is 5.88 Å². The van der Waals surface area contributed by atoms with E-state index in [2.05, 4.69) is 21.5 Å². The van der Waals surface area contributed by atoms with Crippen molar-refractivity contribution >= 4 is 0 Å². The number of aryl methyl sites for hydroxylation is 1. The number of hydrogen-bond donors (Lipinski definition) is 2. The molecule has 0 radical (unpaired) electrons. The van der Waals surface area contributed by atoms with Crippen LogP contribution in [0.3, 0.4) is 0 Å². The molecule has 1 aliphatic carbocycles. The second-order valence-electron chi connectivity index (χ2n) is 5.29. The predicted octanol–water partition coefficient (Wildman–Crippen LogP) is 2.11. The Balaban J connectivity index is 2.01. The van der Waals surface area contributed by atoms with Gasteiger partial charge in [0.2, 0.25) is 5.88 Å². The highest BCUT2D eigenvalue weighted by Gasteiger charge is 2.31. The third-order valence-corrected chi connectivity index (χ3v) is 4.15. The van der Waals surface area contributed by atoms with Gasteiger partial charge in [0, 0.05) is 29.6 Å². The van der Waals surface area contributed by atoms with Gasteiger partial charge in [0.15, 0.2) is 0 Å². The Bertz CT molecular complexity index is 617. The van der Waals surface area contributed by atoms with Gasteiger partial charge in [0.1, 0.15) is 0 Å². The number of hydrazine groups is 1. The Labute approximate surface area is 124 Å². The van der Waals surface area contributed by atoms with Crippen LogP contribution in [0.25, 0.3) is 0 Å². The van der Waals surface area contributed by atoms with Crippen molar-refractivity contribution < 1.29 is 4.74 Å². The largest absolute Gasteiger partial charge is 0.481 e. The van der Waals surface area contributed by atoms with Crippen LogP contribution in [0.4, 0.5) is 0 Å². The van der Waals surface area contributed by atoms with Crippen molar-refractivity contribution in [2.45, 2.75) is 31.2 Å². The number of methoxy groups -OCH3 is 1. The lowest BCUT2D eigenvalue weighted by Crippen LogP contribution is -2.34.